The van der Waals surface area contributed by atoms with Crippen LogP contribution in [0, 0.1) is 0 Å². The maximum Gasteiger partial charge on any atom is 0.231 e. The second kappa shape index (κ2) is 7.40. The van der Waals surface area contributed by atoms with E-state index in [1.807, 2.05) is 56.3 Å². The van der Waals surface area contributed by atoms with Gasteiger partial charge in [-0.05, 0) is 55.9 Å². The minimum atomic E-state index is 0.0266. The molecule has 0 radical (unpaired) electrons. The molecule has 0 amide bonds. The van der Waals surface area contributed by atoms with Gasteiger partial charge in [0, 0.05) is 0 Å². The minimum Gasteiger partial charge on any atom is -0.492 e. The molecule has 0 saturated heterocycles. The molecule has 1 heterocycles. The molecule has 24 heavy (non-hydrogen) atoms. The Morgan fingerprint density at radius 2 is 2.00 bits per heavy atom. The third-order valence-electron chi connectivity index (χ3n) is 3.68. The van der Waals surface area contributed by atoms with E-state index in [9.17, 15) is 0 Å². The van der Waals surface area contributed by atoms with E-state index < -0.39 is 0 Å². The SMILES string of the molecule is CCOc1ccccc1NC(=S)NC(C)c1ccc2c(c1)OCO2. The third-order valence-corrected chi connectivity index (χ3v) is 3.90. The Morgan fingerprint density at radius 3 is 2.83 bits per heavy atom. The summed E-state index contributed by atoms with van der Waals surface area (Å²) >= 11 is 5.42. The molecule has 126 valence electrons. The Kier molecular flexibility index (Phi) is 5.05. The average molecular weight is 344 g/mol. The normalized spacial score (nSPS) is 13.2. The van der Waals surface area contributed by atoms with Gasteiger partial charge in [0.15, 0.2) is 16.6 Å². The molecule has 0 fully saturated rings. The molecular weight excluding hydrogens is 324 g/mol. The number of nitrogens with one attached hydrogen (secondary N) is 2. The van der Waals surface area contributed by atoms with Crippen molar-refractivity contribution >= 4 is 23.0 Å². The van der Waals surface area contributed by atoms with Gasteiger partial charge in [0.25, 0.3) is 0 Å². The second-order valence-electron chi connectivity index (χ2n) is 5.36. The Labute approximate surface area is 146 Å². The molecule has 2 aromatic carbocycles. The van der Waals surface area contributed by atoms with Gasteiger partial charge in [0.1, 0.15) is 5.75 Å². The summed E-state index contributed by atoms with van der Waals surface area (Å²) in [4.78, 5) is 0. The van der Waals surface area contributed by atoms with Crippen LogP contribution in [0.25, 0.3) is 0 Å². The van der Waals surface area contributed by atoms with Crippen LogP contribution in [0.2, 0.25) is 0 Å². The van der Waals surface area contributed by atoms with Gasteiger partial charge in [-0.3, -0.25) is 0 Å². The Bertz CT molecular complexity index is 736. The van der Waals surface area contributed by atoms with Gasteiger partial charge >= 0.3 is 0 Å². The molecule has 1 aliphatic rings. The van der Waals surface area contributed by atoms with Crippen LogP contribution in [0.15, 0.2) is 42.5 Å². The summed E-state index contributed by atoms with van der Waals surface area (Å²) in [5.41, 5.74) is 1.91. The zero-order chi connectivity index (χ0) is 16.9. The fraction of sp³-hybridized carbons (Fsp3) is 0.278. The molecule has 0 spiro atoms. The first-order valence-corrected chi connectivity index (χ1v) is 8.27. The summed E-state index contributed by atoms with van der Waals surface area (Å²) < 4.78 is 16.3. The van der Waals surface area contributed by atoms with E-state index in [2.05, 4.69) is 10.6 Å². The fourth-order valence-electron chi connectivity index (χ4n) is 2.47. The van der Waals surface area contributed by atoms with Crippen molar-refractivity contribution in [1.29, 1.82) is 0 Å². The van der Waals surface area contributed by atoms with E-state index in [0.717, 1.165) is 28.5 Å². The van der Waals surface area contributed by atoms with Crippen LogP contribution < -0.4 is 24.8 Å². The highest BCUT2D eigenvalue weighted by Gasteiger charge is 2.16. The maximum absolute atomic E-state index is 5.60. The number of fused-ring (bicyclic) bond motifs is 1. The van der Waals surface area contributed by atoms with Crippen molar-refractivity contribution in [3.05, 3.63) is 48.0 Å². The lowest BCUT2D eigenvalue weighted by molar-refractivity contribution is 0.174. The average Bonchev–Trinajstić information content (AvgIpc) is 3.04. The van der Waals surface area contributed by atoms with Crippen LogP contribution in [-0.2, 0) is 0 Å². The summed E-state index contributed by atoms with van der Waals surface area (Å²) in [6, 6.07) is 13.6. The van der Waals surface area contributed by atoms with Crippen LogP contribution in [0.4, 0.5) is 5.69 Å². The molecule has 1 atom stereocenters. The van der Waals surface area contributed by atoms with Gasteiger partial charge < -0.3 is 24.8 Å². The van der Waals surface area contributed by atoms with Crippen molar-refractivity contribution in [2.24, 2.45) is 0 Å². The van der Waals surface area contributed by atoms with Gasteiger partial charge in [-0.2, -0.15) is 0 Å². The molecule has 2 aromatic rings. The molecule has 2 N–H and O–H groups in total. The molecule has 0 aliphatic carbocycles. The lowest BCUT2D eigenvalue weighted by atomic mass is 10.1. The zero-order valence-electron chi connectivity index (χ0n) is 13.7. The van der Waals surface area contributed by atoms with E-state index >= 15 is 0 Å². The highest BCUT2D eigenvalue weighted by atomic mass is 32.1. The van der Waals surface area contributed by atoms with Gasteiger partial charge in [0.2, 0.25) is 6.79 Å². The third kappa shape index (κ3) is 3.71. The van der Waals surface area contributed by atoms with Crippen molar-refractivity contribution in [3.63, 3.8) is 0 Å². The van der Waals surface area contributed by atoms with Crippen LogP contribution in [-0.4, -0.2) is 18.5 Å². The van der Waals surface area contributed by atoms with Gasteiger partial charge in [-0.1, -0.05) is 18.2 Å². The number of hydrogen-bond acceptors (Lipinski definition) is 4. The van der Waals surface area contributed by atoms with E-state index in [4.69, 9.17) is 26.4 Å². The maximum atomic E-state index is 5.60. The first-order chi connectivity index (χ1) is 11.7. The predicted molar refractivity (Wildman–Crippen MR) is 97.9 cm³/mol. The Balaban J connectivity index is 1.64. The first kappa shape index (κ1) is 16.4. The molecule has 6 heteroatoms. The first-order valence-electron chi connectivity index (χ1n) is 7.86. The number of thiocarbonyl (C=S) groups is 1. The monoisotopic (exact) mass is 344 g/mol. The minimum absolute atomic E-state index is 0.0266. The van der Waals surface area contributed by atoms with E-state index in [1.165, 1.54) is 0 Å². The van der Waals surface area contributed by atoms with Gasteiger partial charge in [-0.25, -0.2) is 0 Å². The summed E-state index contributed by atoms with van der Waals surface area (Å²) in [5, 5.41) is 7.00. The Morgan fingerprint density at radius 1 is 1.21 bits per heavy atom. The number of rotatable bonds is 5. The number of anilines is 1. The second-order valence-corrected chi connectivity index (χ2v) is 5.77. The lowest BCUT2D eigenvalue weighted by Crippen LogP contribution is -2.31. The lowest BCUT2D eigenvalue weighted by Gasteiger charge is -2.19. The van der Waals surface area contributed by atoms with Crippen molar-refractivity contribution in [3.8, 4) is 17.2 Å². The Hall–Kier alpha value is -2.47. The summed E-state index contributed by atoms with van der Waals surface area (Å²) in [6.45, 7) is 4.87. The molecule has 1 unspecified atom stereocenters. The van der Waals surface area contributed by atoms with Crippen molar-refractivity contribution in [2.45, 2.75) is 19.9 Å². The van der Waals surface area contributed by atoms with Crippen molar-refractivity contribution < 1.29 is 14.2 Å². The van der Waals surface area contributed by atoms with Crippen molar-refractivity contribution in [2.75, 3.05) is 18.7 Å². The van der Waals surface area contributed by atoms with Crippen molar-refractivity contribution in [1.82, 2.24) is 5.32 Å². The quantitative estimate of drug-likeness (QED) is 0.803. The van der Waals surface area contributed by atoms with Crippen LogP contribution >= 0.6 is 12.2 Å². The zero-order valence-corrected chi connectivity index (χ0v) is 14.5. The van der Waals surface area contributed by atoms with Crippen LogP contribution in [0.1, 0.15) is 25.5 Å². The standard InChI is InChI=1S/C18H20N2O3S/c1-3-21-15-7-5-4-6-14(15)20-18(24)19-12(2)13-8-9-16-17(10-13)23-11-22-16/h4-10,12H,3,11H2,1-2H3,(H2,19,20,24). The van der Waals surface area contributed by atoms with E-state index in [-0.39, 0.29) is 12.8 Å². The molecule has 3 rings (SSSR count). The number of para-hydroxylation sites is 2. The fourth-order valence-corrected chi connectivity index (χ4v) is 2.76. The summed E-state index contributed by atoms with van der Waals surface area (Å²) in [5.74, 6) is 2.32. The van der Waals surface area contributed by atoms with Gasteiger partial charge in [0.05, 0.1) is 18.3 Å². The van der Waals surface area contributed by atoms with Crippen LogP contribution in [0.3, 0.4) is 0 Å². The number of hydrogen-bond donors (Lipinski definition) is 2. The molecule has 0 aromatic heterocycles. The largest absolute Gasteiger partial charge is 0.492 e. The molecule has 1 aliphatic heterocycles. The molecule has 0 saturated carbocycles. The number of benzene rings is 2. The molecule has 0 bridgehead atoms. The van der Waals surface area contributed by atoms with E-state index in [0.29, 0.717) is 11.7 Å². The smallest absolute Gasteiger partial charge is 0.231 e. The predicted octanol–water partition coefficient (Wildman–Crippen LogP) is 3.86. The molecule has 5 nitrogen and oxygen atoms in total. The highest BCUT2D eigenvalue weighted by molar-refractivity contribution is 7.80. The summed E-state index contributed by atoms with van der Waals surface area (Å²) in [7, 11) is 0. The molecular formula is C18H20N2O3S. The summed E-state index contributed by atoms with van der Waals surface area (Å²) in [6.07, 6.45) is 0. The topological polar surface area (TPSA) is 51.8 Å². The number of ether oxygens (including phenoxy) is 3. The van der Waals surface area contributed by atoms with E-state index in [1.54, 1.807) is 0 Å². The van der Waals surface area contributed by atoms with Gasteiger partial charge in [-0.15, -0.1) is 0 Å². The van der Waals surface area contributed by atoms with Crippen LogP contribution in [0.5, 0.6) is 17.2 Å². The highest BCUT2D eigenvalue weighted by Crippen LogP contribution is 2.34.